The molecule has 5 heteroatoms. The second kappa shape index (κ2) is 6.01. The molecule has 0 aliphatic heterocycles. The molecular formula is C21H18F3NO. The quantitative estimate of drug-likeness (QED) is 0.802. The Labute approximate surface area is 149 Å². The lowest BCUT2D eigenvalue weighted by Gasteiger charge is -2.30. The lowest BCUT2D eigenvalue weighted by molar-refractivity contribution is -0.174. The zero-order valence-corrected chi connectivity index (χ0v) is 14.3. The van der Waals surface area contributed by atoms with Crippen LogP contribution in [0.15, 0.2) is 42.5 Å². The summed E-state index contributed by atoms with van der Waals surface area (Å²) in [7, 11) is 0. The lowest BCUT2D eigenvalue weighted by atomic mass is 9.77. The van der Waals surface area contributed by atoms with E-state index in [2.05, 4.69) is 23.5 Å². The minimum atomic E-state index is -4.86. The van der Waals surface area contributed by atoms with Crippen LogP contribution < -0.4 is 5.32 Å². The van der Waals surface area contributed by atoms with E-state index in [1.165, 1.54) is 16.7 Å². The number of carbonyl (C=O) groups is 1. The molecule has 0 bridgehead atoms. The monoisotopic (exact) mass is 357 g/mol. The van der Waals surface area contributed by atoms with Gasteiger partial charge in [0.1, 0.15) is 0 Å². The highest BCUT2D eigenvalue weighted by Crippen LogP contribution is 2.40. The van der Waals surface area contributed by atoms with Gasteiger partial charge in [0.2, 0.25) is 0 Å². The summed E-state index contributed by atoms with van der Waals surface area (Å²) in [6.45, 7) is 1.88. The Bertz CT molecular complexity index is 927. The van der Waals surface area contributed by atoms with E-state index in [0.717, 1.165) is 35.1 Å². The number of aryl methyl sites for hydroxylation is 1. The summed E-state index contributed by atoms with van der Waals surface area (Å²) in [5.41, 5.74) is 7.87. The van der Waals surface area contributed by atoms with Crippen molar-refractivity contribution in [3.05, 3.63) is 64.7 Å². The second-order valence-corrected chi connectivity index (χ2v) is 6.91. The highest BCUT2D eigenvalue weighted by Gasteiger charge is 2.40. The zero-order chi connectivity index (χ0) is 18.5. The number of alkyl halides is 3. The summed E-state index contributed by atoms with van der Waals surface area (Å²) < 4.78 is 37.8. The van der Waals surface area contributed by atoms with Crippen molar-refractivity contribution < 1.29 is 18.0 Å². The molecule has 2 aromatic carbocycles. The number of allylic oxidation sites excluding steroid dienone is 1. The Morgan fingerprint density at radius 3 is 2.50 bits per heavy atom. The van der Waals surface area contributed by atoms with Crippen LogP contribution >= 0.6 is 0 Å². The van der Waals surface area contributed by atoms with E-state index < -0.39 is 18.1 Å². The van der Waals surface area contributed by atoms with Crippen molar-refractivity contribution in [2.75, 3.05) is 0 Å². The van der Waals surface area contributed by atoms with Crippen molar-refractivity contribution in [3.8, 4) is 11.1 Å². The molecule has 1 amide bonds. The van der Waals surface area contributed by atoms with Gasteiger partial charge in [-0.25, -0.2) is 0 Å². The first-order chi connectivity index (χ1) is 12.3. The second-order valence-electron chi connectivity index (χ2n) is 6.91. The summed E-state index contributed by atoms with van der Waals surface area (Å²) in [5, 5.41) is 2.12. The Balaban J connectivity index is 1.73. The van der Waals surface area contributed by atoms with E-state index in [1.807, 2.05) is 25.1 Å². The minimum absolute atomic E-state index is 0.389. The maximum absolute atomic E-state index is 12.6. The first-order valence-electron chi connectivity index (χ1n) is 8.64. The number of hydrogen-bond acceptors (Lipinski definition) is 1. The molecule has 1 N–H and O–H groups in total. The number of carbonyl (C=O) groups excluding carboxylic acids is 1. The number of nitrogens with one attached hydrogen (secondary N) is 1. The largest absolute Gasteiger partial charge is 0.471 e. The lowest BCUT2D eigenvalue weighted by Crippen LogP contribution is -2.44. The van der Waals surface area contributed by atoms with Crippen LogP contribution in [0, 0.1) is 0 Å². The average Bonchev–Trinajstić information content (AvgIpc) is 2.60. The molecule has 1 unspecified atom stereocenters. The van der Waals surface area contributed by atoms with Gasteiger partial charge in [-0.3, -0.25) is 4.79 Å². The SMILES string of the molecule is CC1=CC(NC(=O)C(F)(F)F)Cc2c1ccc1c2CCc2ccccc2-1. The van der Waals surface area contributed by atoms with Crippen molar-refractivity contribution in [1.82, 2.24) is 5.32 Å². The van der Waals surface area contributed by atoms with Crippen LogP contribution in [0.1, 0.15) is 29.2 Å². The molecule has 0 aromatic heterocycles. The molecular weight excluding hydrogens is 339 g/mol. The molecule has 0 spiro atoms. The van der Waals surface area contributed by atoms with Crippen molar-refractivity contribution >= 4 is 11.5 Å². The van der Waals surface area contributed by atoms with E-state index in [9.17, 15) is 18.0 Å². The molecule has 2 aromatic rings. The maximum Gasteiger partial charge on any atom is 0.471 e. The van der Waals surface area contributed by atoms with Gasteiger partial charge < -0.3 is 5.32 Å². The summed E-state index contributed by atoms with van der Waals surface area (Å²) in [4.78, 5) is 11.3. The molecule has 2 aliphatic rings. The van der Waals surface area contributed by atoms with Gasteiger partial charge in [-0.1, -0.05) is 42.5 Å². The van der Waals surface area contributed by atoms with E-state index in [0.29, 0.717) is 6.42 Å². The zero-order valence-electron chi connectivity index (χ0n) is 14.3. The fraction of sp³-hybridized carbons (Fsp3) is 0.286. The van der Waals surface area contributed by atoms with Crippen molar-refractivity contribution in [3.63, 3.8) is 0 Å². The van der Waals surface area contributed by atoms with Gasteiger partial charge in [0.05, 0.1) is 6.04 Å². The van der Waals surface area contributed by atoms with Crippen LogP contribution in [0.5, 0.6) is 0 Å². The first-order valence-corrected chi connectivity index (χ1v) is 8.64. The first kappa shape index (κ1) is 16.9. The van der Waals surface area contributed by atoms with Gasteiger partial charge >= 0.3 is 12.1 Å². The smallest absolute Gasteiger partial charge is 0.342 e. The molecule has 134 valence electrons. The Morgan fingerprint density at radius 1 is 1.00 bits per heavy atom. The van der Waals surface area contributed by atoms with Crippen LogP contribution in [-0.2, 0) is 24.1 Å². The predicted octanol–water partition coefficient (Wildman–Crippen LogP) is 4.46. The van der Waals surface area contributed by atoms with Gasteiger partial charge in [0, 0.05) is 0 Å². The van der Waals surface area contributed by atoms with E-state index in [-0.39, 0.29) is 0 Å². The topological polar surface area (TPSA) is 29.1 Å². The Morgan fingerprint density at radius 2 is 1.73 bits per heavy atom. The number of benzene rings is 2. The van der Waals surface area contributed by atoms with E-state index in [1.54, 1.807) is 6.08 Å². The Hall–Kier alpha value is -2.56. The molecule has 4 rings (SSSR count). The molecule has 26 heavy (non-hydrogen) atoms. The fourth-order valence-corrected chi connectivity index (χ4v) is 4.11. The van der Waals surface area contributed by atoms with Crippen LogP contribution in [-0.4, -0.2) is 18.1 Å². The summed E-state index contributed by atoms with van der Waals surface area (Å²) in [6.07, 6.45) is -0.975. The van der Waals surface area contributed by atoms with Crippen molar-refractivity contribution in [2.24, 2.45) is 0 Å². The van der Waals surface area contributed by atoms with Gasteiger partial charge in [-0.15, -0.1) is 0 Å². The predicted molar refractivity (Wildman–Crippen MR) is 94.6 cm³/mol. The number of fused-ring (bicyclic) bond motifs is 5. The summed E-state index contributed by atoms with van der Waals surface area (Å²) in [5.74, 6) is -1.88. The molecule has 0 saturated carbocycles. The van der Waals surface area contributed by atoms with Gasteiger partial charge in [-0.2, -0.15) is 13.2 Å². The molecule has 0 radical (unpaired) electrons. The maximum atomic E-state index is 12.6. The fourth-order valence-electron chi connectivity index (χ4n) is 4.11. The third kappa shape index (κ3) is 2.81. The van der Waals surface area contributed by atoms with Gasteiger partial charge in [-0.05, 0) is 65.1 Å². The molecule has 0 heterocycles. The van der Waals surface area contributed by atoms with Crippen molar-refractivity contribution in [2.45, 2.75) is 38.4 Å². The van der Waals surface area contributed by atoms with Gasteiger partial charge in [0.25, 0.3) is 0 Å². The van der Waals surface area contributed by atoms with E-state index in [4.69, 9.17) is 0 Å². The van der Waals surface area contributed by atoms with Crippen LogP contribution in [0.4, 0.5) is 13.2 Å². The summed E-state index contributed by atoms with van der Waals surface area (Å²) >= 11 is 0. The van der Waals surface area contributed by atoms with E-state index >= 15 is 0 Å². The normalized spacial score (nSPS) is 18.3. The Kier molecular flexibility index (Phi) is 3.90. The standard InChI is InChI=1S/C21H18F3NO/c1-12-10-14(25-20(26)21(22,23)24)11-19-15(12)8-9-17-16-5-3-2-4-13(16)6-7-18(17)19/h2-5,8-10,14H,6-7,11H2,1H3,(H,25,26). The molecule has 2 aliphatic carbocycles. The minimum Gasteiger partial charge on any atom is -0.342 e. The van der Waals surface area contributed by atoms with Crippen LogP contribution in [0.3, 0.4) is 0 Å². The number of hydrogen-bond donors (Lipinski definition) is 1. The van der Waals surface area contributed by atoms with Crippen molar-refractivity contribution in [1.29, 1.82) is 0 Å². The highest BCUT2D eigenvalue weighted by atomic mass is 19.4. The average molecular weight is 357 g/mol. The highest BCUT2D eigenvalue weighted by molar-refractivity contribution is 5.84. The number of rotatable bonds is 1. The molecule has 1 atom stereocenters. The van der Waals surface area contributed by atoms with Gasteiger partial charge in [0.15, 0.2) is 0 Å². The third-order valence-electron chi connectivity index (χ3n) is 5.26. The molecule has 0 saturated heterocycles. The van der Waals surface area contributed by atoms with Crippen LogP contribution in [0.2, 0.25) is 0 Å². The van der Waals surface area contributed by atoms with Crippen LogP contribution in [0.25, 0.3) is 16.7 Å². The number of halogens is 3. The summed E-state index contributed by atoms with van der Waals surface area (Å²) in [6, 6.07) is 11.8. The third-order valence-corrected chi connectivity index (χ3v) is 5.26. The molecule has 0 fully saturated rings. The molecule has 2 nitrogen and oxygen atoms in total. The number of amides is 1.